The summed E-state index contributed by atoms with van der Waals surface area (Å²) in [7, 11) is 0. The highest BCUT2D eigenvalue weighted by Crippen LogP contribution is 2.55. The molecule has 0 spiro atoms. The van der Waals surface area contributed by atoms with Crippen LogP contribution in [-0.4, -0.2) is 0 Å². The average Bonchev–Trinajstić information content (AvgIpc) is 3.78. The fourth-order valence-corrected chi connectivity index (χ4v) is 10.1. The third-order valence-corrected chi connectivity index (χ3v) is 12.5. The molecule has 12 aromatic carbocycles. The molecule has 0 aromatic heterocycles. The van der Waals surface area contributed by atoms with E-state index in [0.717, 1.165) is 16.7 Å². The van der Waals surface area contributed by atoms with E-state index in [0.29, 0.717) is 5.56 Å². The topological polar surface area (TPSA) is 23.8 Å². The summed E-state index contributed by atoms with van der Waals surface area (Å²) in [6.45, 7) is 2.01. The summed E-state index contributed by atoms with van der Waals surface area (Å²) >= 11 is 0. The minimum atomic E-state index is 0.714. The second kappa shape index (κ2) is 12.0. The van der Waals surface area contributed by atoms with Crippen molar-refractivity contribution in [1.29, 1.82) is 5.26 Å². The van der Waals surface area contributed by atoms with Crippen molar-refractivity contribution in [3.63, 3.8) is 0 Å². The first-order chi connectivity index (χ1) is 28.2. The summed E-state index contributed by atoms with van der Waals surface area (Å²) in [6, 6.07) is 69.3. The van der Waals surface area contributed by atoms with E-state index in [1.54, 1.807) is 0 Å². The highest BCUT2D eigenvalue weighted by Gasteiger charge is 2.27. The van der Waals surface area contributed by atoms with Gasteiger partial charge in [0.1, 0.15) is 0 Å². The Hall–Kier alpha value is -7.53. The van der Waals surface area contributed by atoms with Gasteiger partial charge in [-0.2, -0.15) is 5.26 Å². The molecule has 0 aliphatic rings. The molecule has 0 unspecified atom stereocenters. The number of aryl methyl sites for hydroxylation is 1. The zero-order valence-corrected chi connectivity index (χ0v) is 31.3. The first-order valence-corrected chi connectivity index (χ1v) is 19.7. The summed E-state index contributed by atoms with van der Waals surface area (Å²) < 4.78 is 0. The molecule has 0 saturated heterocycles. The molecule has 1 nitrogen and oxygen atoms in total. The molecule has 57 heavy (non-hydrogen) atoms. The van der Waals surface area contributed by atoms with Crippen LogP contribution in [0.3, 0.4) is 0 Å². The Labute approximate surface area is 330 Å². The van der Waals surface area contributed by atoms with Crippen LogP contribution in [0.4, 0.5) is 0 Å². The Morgan fingerprint density at radius 1 is 0.316 bits per heavy atom. The Kier molecular flexibility index (Phi) is 6.68. The maximum Gasteiger partial charge on any atom is 0.0994 e. The molecule has 0 radical (unpaired) electrons. The van der Waals surface area contributed by atoms with E-state index in [1.807, 2.05) is 13.0 Å². The Bertz CT molecular complexity index is 3630. The van der Waals surface area contributed by atoms with Crippen LogP contribution in [0.5, 0.6) is 0 Å². The lowest BCUT2D eigenvalue weighted by Crippen LogP contribution is -1.91. The average molecular weight is 720 g/mol. The molecule has 0 fully saturated rings. The van der Waals surface area contributed by atoms with Gasteiger partial charge in [0.2, 0.25) is 0 Å². The number of rotatable bonds is 4. The monoisotopic (exact) mass is 719 g/mol. The number of benzene rings is 10. The molecule has 1 heteroatoms. The molecular formula is C56H33N. The molecule has 0 saturated carbocycles. The van der Waals surface area contributed by atoms with E-state index in [1.165, 1.54) is 109 Å². The van der Waals surface area contributed by atoms with Gasteiger partial charge in [0.25, 0.3) is 0 Å². The van der Waals surface area contributed by atoms with E-state index >= 15 is 0 Å². The minimum Gasteiger partial charge on any atom is -0.192 e. The lowest BCUT2D eigenvalue weighted by atomic mass is 9.84. The summed E-state index contributed by atoms with van der Waals surface area (Å²) in [4.78, 5) is 0. The van der Waals surface area contributed by atoms with E-state index in [-0.39, 0.29) is 0 Å². The van der Waals surface area contributed by atoms with E-state index in [2.05, 4.69) is 182 Å². The van der Waals surface area contributed by atoms with Gasteiger partial charge in [-0.15, -0.1) is 0 Å². The van der Waals surface area contributed by atoms with Gasteiger partial charge >= 0.3 is 0 Å². The van der Waals surface area contributed by atoms with Gasteiger partial charge in [-0.3, -0.25) is 0 Å². The van der Waals surface area contributed by atoms with Crippen molar-refractivity contribution in [3.05, 3.63) is 193 Å². The Balaban J connectivity index is 1.26. The highest BCUT2D eigenvalue weighted by atomic mass is 14.3. The zero-order chi connectivity index (χ0) is 37.8. The predicted octanol–water partition coefficient (Wildman–Crippen LogP) is 15.5. The Morgan fingerprint density at radius 3 is 1.58 bits per heavy atom. The van der Waals surface area contributed by atoms with Crippen LogP contribution >= 0.6 is 0 Å². The second-order valence-corrected chi connectivity index (χ2v) is 15.5. The molecule has 0 atom stereocenters. The van der Waals surface area contributed by atoms with Crippen molar-refractivity contribution in [2.24, 2.45) is 0 Å². The number of hydrogen-bond acceptors (Lipinski definition) is 1. The van der Waals surface area contributed by atoms with Crippen molar-refractivity contribution in [2.75, 3.05) is 0 Å². The van der Waals surface area contributed by atoms with Crippen molar-refractivity contribution in [3.8, 4) is 50.6 Å². The molecule has 12 aromatic rings. The van der Waals surface area contributed by atoms with Gasteiger partial charge in [-0.1, -0.05) is 164 Å². The number of hydrogen-bond donors (Lipinski definition) is 0. The van der Waals surface area contributed by atoms with Gasteiger partial charge in [0.05, 0.1) is 11.6 Å². The standard InChI is InChI=1S/C56H33N/c1-33-29-37(25-26-39(33)32-57)36-17-10-18-38(30-36)40-27-28-47-52-43(40)21-11-24-46(52)56-51(35-15-6-3-7-16-35)54-45-23-12-22-44-41-19-8-9-20-42(41)48(53(44)45)31-49(54)50(55(47)56)34-13-4-2-5-14-34/h2-31H,1H3. The van der Waals surface area contributed by atoms with E-state index < -0.39 is 0 Å². The third-order valence-electron chi connectivity index (χ3n) is 12.5. The first kappa shape index (κ1) is 31.8. The van der Waals surface area contributed by atoms with E-state index in [4.69, 9.17) is 0 Å². The fraction of sp³-hybridized carbons (Fsp3) is 0.0179. The normalized spacial score (nSPS) is 11.9. The molecule has 0 aliphatic heterocycles. The number of fused-ring (bicyclic) bond motifs is 8. The van der Waals surface area contributed by atoms with Gasteiger partial charge in [0.15, 0.2) is 0 Å². The van der Waals surface area contributed by atoms with Crippen molar-refractivity contribution < 1.29 is 0 Å². The van der Waals surface area contributed by atoms with Crippen LogP contribution in [0.1, 0.15) is 11.1 Å². The minimum absolute atomic E-state index is 0.714. The van der Waals surface area contributed by atoms with Crippen LogP contribution in [0.15, 0.2) is 182 Å². The maximum atomic E-state index is 9.56. The first-order valence-electron chi connectivity index (χ1n) is 19.7. The largest absolute Gasteiger partial charge is 0.192 e. The number of nitriles is 1. The third kappa shape index (κ3) is 4.44. The highest BCUT2D eigenvalue weighted by molar-refractivity contribution is 6.45. The fourth-order valence-electron chi connectivity index (χ4n) is 10.1. The smallest absolute Gasteiger partial charge is 0.0994 e. The van der Waals surface area contributed by atoms with Crippen molar-refractivity contribution in [1.82, 2.24) is 0 Å². The van der Waals surface area contributed by atoms with Crippen molar-refractivity contribution in [2.45, 2.75) is 6.92 Å². The van der Waals surface area contributed by atoms with Crippen LogP contribution in [-0.2, 0) is 0 Å². The molecule has 0 amide bonds. The molecule has 12 rings (SSSR count). The molecule has 0 bridgehead atoms. The second-order valence-electron chi connectivity index (χ2n) is 15.5. The lowest BCUT2D eigenvalue weighted by Gasteiger charge is -2.19. The Morgan fingerprint density at radius 2 is 0.842 bits per heavy atom. The summed E-state index contributed by atoms with van der Waals surface area (Å²) in [6.07, 6.45) is 0. The molecule has 0 heterocycles. The van der Waals surface area contributed by atoms with Gasteiger partial charge in [0, 0.05) is 0 Å². The predicted molar refractivity (Wildman–Crippen MR) is 243 cm³/mol. The van der Waals surface area contributed by atoms with Crippen LogP contribution < -0.4 is 0 Å². The van der Waals surface area contributed by atoms with Crippen molar-refractivity contribution >= 4 is 75.4 Å². The van der Waals surface area contributed by atoms with Gasteiger partial charge in [-0.05, 0) is 151 Å². The van der Waals surface area contributed by atoms with Crippen LogP contribution in [0.25, 0.3) is 120 Å². The summed E-state index contributed by atoms with van der Waals surface area (Å²) in [5, 5.41) is 27.8. The van der Waals surface area contributed by atoms with Crippen LogP contribution in [0.2, 0.25) is 0 Å². The van der Waals surface area contributed by atoms with Gasteiger partial charge < -0.3 is 0 Å². The molecule has 0 aliphatic carbocycles. The van der Waals surface area contributed by atoms with Gasteiger partial charge in [-0.25, -0.2) is 0 Å². The molecule has 0 N–H and O–H groups in total. The lowest BCUT2D eigenvalue weighted by molar-refractivity contribution is 1.39. The SMILES string of the molecule is Cc1cc(-c2cccc(-c3ccc4c5c(-c6ccccc6)c6cc7c8ccccc8c8cccc(c6c(-c6ccccc6)c5c5cccc3c45)c87)c2)ccc1C#N. The summed E-state index contributed by atoms with van der Waals surface area (Å²) in [5.74, 6) is 0. The number of nitrogens with zero attached hydrogens (tertiary/aromatic N) is 1. The van der Waals surface area contributed by atoms with Crippen LogP contribution in [0, 0.1) is 18.3 Å². The maximum absolute atomic E-state index is 9.56. The molecular weight excluding hydrogens is 687 g/mol. The summed E-state index contributed by atoms with van der Waals surface area (Å²) in [5.41, 5.74) is 11.4. The molecule has 262 valence electrons. The van der Waals surface area contributed by atoms with E-state index in [9.17, 15) is 5.26 Å². The zero-order valence-electron chi connectivity index (χ0n) is 31.3. The quantitative estimate of drug-likeness (QED) is 0.166.